The van der Waals surface area contributed by atoms with Gasteiger partial charge in [-0.3, -0.25) is 4.99 Å². The van der Waals surface area contributed by atoms with E-state index < -0.39 is 0 Å². The van der Waals surface area contributed by atoms with Crippen LogP contribution in [0.1, 0.15) is 6.42 Å². The first-order valence-corrected chi connectivity index (χ1v) is 3.90. The smallest absolute Gasteiger partial charge is 0.0424 e. The summed E-state index contributed by atoms with van der Waals surface area (Å²) in [6, 6.07) is 0. The van der Waals surface area contributed by atoms with Gasteiger partial charge in [-0.15, -0.1) is 11.8 Å². The highest BCUT2D eigenvalue weighted by atomic mass is 32.2. The third-order valence-corrected chi connectivity index (χ3v) is 1.80. The van der Waals surface area contributed by atoms with Crippen molar-refractivity contribution in [2.45, 2.75) is 6.42 Å². The van der Waals surface area contributed by atoms with Crippen molar-refractivity contribution in [2.24, 2.45) is 4.99 Å². The van der Waals surface area contributed by atoms with Gasteiger partial charge in [-0.1, -0.05) is 6.08 Å². The van der Waals surface area contributed by atoms with Crippen molar-refractivity contribution in [3.8, 4) is 0 Å². The van der Waals surface area contributed by atoms with Gasteiger partial charge in [0.05, 0.1) is 0 Å². The molecule has 0 aromatic carbocycles. The van der Waals surface area contributed by atoms with E-state index in [1.54, 1.807) is 11.8 Å². The van der Waals surface area contributed by atoms with E-state index in [1.807, 2.05) is 6.21 Å². The summed E-state index contributed by atoms with van der Waals surface area (Å²) in [5.41, 5.74) is 0. The van der Waals surface area contributed by atoms with Gasteiger partial charge in [0, 0.05) is 17.7 Å². The minimum absolute atomic E-state index is 0.976. The molecule has 1 aliphatic heterocycles. The Morgan fingerprint density at radius 3 is 3.00 bits per heavy atom. The number of dihydropyridines is 1. The van der Waals surface area contributed by atoms with Crippen molar-refractivity contribution in [3.63, 3.8) is 0 Å². The van der Waals surface area contributed by atoms with Crippen molar-refractivity contribution >= 4 is 18.0 Å². The summed E-state index contributed by atoms with van der Waals surface area (Å²) in [5.74, 6) is 0. The van der Waals surface area contributed by atoms with E-state index in [-0.39, 0.29) is 0 Å². The lowest BCUT2D eigenvalue weighted by Crippen LogP contribution is -1.89. The Bertz CT molecular complexity index is 126. The Morgan fingerprint density at radius 2 is 2.62 bits per heavy atom. The van der Waals surface area contributed by atoms with Gasteiger partial charge in [-0.25, -0.2) is 0 Å². The van der Waals surface area contributed by atoms with Gasteiger partial charge in [0.1, 0.15) is 0 Å². The number of nitrogens with zero attached hydrogens (tertiary/aromatic N) is 1. The molecule has 1 rings (SSSR count). The average molecular weight is 127 g/mol. The molecule has 8 heavy (non-hydrogen) atoms. The third-order valence-electron chi connectivity index (χ3n) is 1.06. The predicted octanol–water partition coefficient (Wildman–Crippen LogP) is 1.71. The van der Waals surface area contributed by atoms with Gasteiger partial charge in [-0.05, 0) is 12.7 Å². The monoisotopic (exact) mass is 127 g/mol. The van der Waals surface area contributed by atoms with E-state index in [4.69, 9.17) is 0 Å². The maximum absolute atomic E-state index is 4.12. The van der Waals surface area contributed by atoms with Crippen LogP contribution in [0.3, 0.4) is 0 Å². The van der Waals surface area contributed by atoms with Crippen LogP contribution >= 0.6 is 11.8 Å². The standard InChI is InChI=1S/C6H9NS/c1-8-6-3-2-4-7-5-6/h3,5H,2,4H2,1H3. The molecule has 0 aromatic rings. The van der Waals surface area contributed by atoms with E-state index >= 15 is 0 Å². The van der Waals surface area contributed by atoms with Gasteiger partial charge < -0.3 is 0 Å². The molecule has 0 unspecified atom stereocenters. The lowest BCUT2D eigenvalue weighted by molar-refractivity contribution is 1.000. The molecule has 0 radical (unpaired) electrons. The molecule has 0 spiro atoms. The molecule has 0 bridgehead atoms. The summed E-state index contributed by atoms with van der Waals surface area (Å²) in [4.78, 5) is 5.42. The van der Waals surface area contributed by atoms with Crippen molar-refractivity contribution in [1.29, 1.82) is 0 Å². The van der Waals surface area contributed by atoms with E-state index in [0.29, 0.717) is 0 Å². The van der Waals surface area contributed by atoms with Crippen LogP contribution in [0.25, 0.3) is 0 Å². The van der Waals surface area contributed by atoms with Crippen LogP contribution in [0.5, 0.6) is 0 Å². The van der Waals surface area contributed by atoms with Crippen molar-refractivity contribution < 1.29 is 0 Å². The number of thioether (sulfide) groups is 1. The molecular weight excluding hydrogens is 118 g/mol. The molecule has 0 saturated heterocycles. The molecule has 1 heterocycles. The molecule has 44 valence electrons. The molecule has 0 fully saturated rings. The molecular formula is C6H9NS. The second kappa shape index (κ2) is 2.92. The van der Waals surface area contributed by atoms with Gasteiger partial charge in [-0.2, -0.15) is 0 Å². The summed E-state index contributed by atoms with van der Waals surface area (Å²) in [6.07, 6.45) is 7.35. The molecule has 1 nitrogen and oxygen atoms in total. The summed E-state index contributed by atoms with van der Waals surface area (Å²) in [7, 11) is 0. The first-order chi connectivity index (χ1) is 3.93. The van der Waals surface area contributed by atoms with E-state index in [9.17, 15) is 0 Å². The minimum Gasteiger partial charge on any atom is -0.292 e. The SMILES string of the molecule is CSC1=CCCN=C1. The van der Waals surface area contributed by atoms with Gasteiger partial charge in [0.15, 0.2) is 0 Å². The van der Waals surface area contributed by atoms with Gasteiger partial charge in [0.2, 0.25) is 0 Å². The third kappa shape index (κ3) is 1.37. The number of hydrogen-bond donors (Lipinski definition) is 0. The molecule has 1 aliphatic rings. The highest BCUT2D eigenvalue weighted by molar-refractivity contribution is 8.03. The fraction of sp³-hybridized carbons (Fsp3) is 0.500. The summed E-state index contributed by atoms with van der Waals surface area (Å²) < 4.78 is 0. The second-order valence-electron chi connectivity index (χ2n) is 1.63. The highest BCUT2D eigenvalue weighted by Crippen LogP contribution is 2.11. The molecule has 0 aromatic heterocycles. The Kier molecular flexibility index (Phi) is 2.15. The summed E-state index contributed by atoms with van der Waals surface area (Å²) in [6.45, 7) is 0.976. The molecule has 0 aliphatic carbocycles. The zero-order valence-corrected chi connectivity index (χ0v) is 5.74. The van der Waals surface area contributed by atoms with Crippen molar-refractivity contribution in [3.05, 3.63) is 11.0 Å². The maximum Gasteiger partial charge on any atom is 0.0424 e. The lowest BCUT2D eigenvalue weighted by atomic mass is 10.3. The zero-order valence-electron chi connectivity index (χ0n) is 4.92. The molecule has 2 heteroatoms. The Morgan fingerprint density at radius 1 is 1.75 bits per heavy atom. The average Bonchev–Trinajstić information content (AvgIpc) is 1.90. The predicted molar refractivity (Wildman–Crippen MR) is 39.6 cm³/mol. The van der Waals surface area contributed by atoms with Crippen LogP contribution in [0.2, 0.25) is 0 Å². The molecule has 0 N–H and O–H groups in total. The van der Waals surface area contributed by atoms with E-state index in [2.05, 4.69) is 17.3 Å². The summed E-state index contributed by atoms with van der Waals surface area (Å²) >= 11 is 1.76. The minimum atomic E-state index is 0.976. The van der Waals surface area contributed by atoms with Crippen molar-refractivity contribution in [2.75, 3.05) is 12.8 Å². The zero-order chi connectivity index (χ0) is 5.82. The van der Waals surface area contributed by atoms with Crippen LogP contribution in [-0.2, 0) is 0 Å². The fourth-order valence-corrected chi connectivity index (χ4v) is 1.09. The lowest BCUT2D eigenvalue weighted by Gasteiger charge is -2.00. The van der Waals surface area contributed by atoms with Crippen LogP contribution < -0.4 is 0 Å². The Hall–Kier alpha value is -0.240. The largest absolute Gasteiger partial charge is 0.292 e. The van der Waals surface area contributed by atoms with Crippen LogP contribution in [0.15, 0.2) is 16.0 Å². The second-order valence-corrected chi connectivity index (χ2v) is 2.51. The van der Waals surface area contributed by atoms with E-state index in [0.717, 1.165) is 13.0 Å². The van der Waals surface area contributed by atoms with Gasteiger partial charge in [0.25, 0.3) is 0 Å². The van der Waals surface area contributed by atoms with Crippen LogP contribution in [0, 0.1) is 0 Å². The van der Waals surface area contributed by atoms with E-state index in [1.165, 1.54) is 4.91 Å². The first-order valence-electron chi connectivity index (χ1n) is 2.67. The highest BCUT2D eigenvalue weighted by Gasteiger charge is 1.92. The maximum atomic E-state index is 4.12. The van der Waals surface area contributed by atoms with Crippen LogP contribution in [0.4, 0.5) is 0 Å². The summed E-state index contributed by atoms with van der Waals surface area (Å²) in [5, 5.41) is 0. The number of hydrogen-bond acceptors (Lipinski definition) is 2. The normalized spacial score (nSPS) is 18.4. The van der Waals surface area contributed by atoms with Gasteiger partial charge >= 0.3 is 0 Å². The topological polar surface area (TPSA) is 12.4 Å². The molecule has 0 saturated carbocycles. The molecule has 0 amide bonds. The Balaban J connectivity index is 2.51. The Labute approximate surface area is 53.9 Å². The number of allylic oxidation sites excluding steroid dienone is 1. The molecule has 0 atom stereocenters. The number of rotatable bonds is 1. The van der Waals surface area contributed by atoms with Crippen molar-refractivity contribution in [1.82, 2.24) is 0 Å². The first kappa shape index (κ1) is 5.89. The van der Waals surface area contributed by atoms with Crippen LogP contribution in [-0.4, -0.2) is 19.0 Å². The quantitative estimate of drug-likeness (QED) is 0.522. The fourth-order valence-electron chi connectivity index (χ4n) is 0.625. The number of aliphatic imine (C=N–C) groups is 1.